The predicted octanol–water partition coefficient (Wildman–Crippen LogP) is 7.50. The Balaban J connectivity index is 0.000000989. The molecule has 0 fully saturated rings. The molecule has 2 aromatic carbocycles. The number of benzene rings is 2. The van der Waals surface area contributed by atoms with Crippen LogP contribution in [-0.4, -0.2) is 7.05 Å². The zero-order valence-electron chi connectivity index (χ0n) is 18.3. The molecule has 0 radical (unpaired) electrons. The molecule has 29 heavy (non-hydrogen) atoms. The lowest BCUT2D eigenvalue weighted by atomic mass is 9.90. The van der Waals surface area contributed by atoms with Crippen molar-refractivity contribution in [1.82, 2.24) is 0 Å². The topological polar surface area (TPSA) is 26.0 Å². The van der Waals surface area contributed by atoms with Gasteiger partial charge >= 0.3 is 0 Å². The Bertz CT molecular complexity index is 735. The van der Waals surface area contributed by atoms with E-state index in [2.05, 4.69) is 61.4 Å². The van der Waals surface area contributed by atoms with Gasteiger partial charge in [-0.25, -0.2) is 4.39 Å². The Morgan fingerprint density at radius 2 is 1.79 bits per heavy atom. The van der Waals surface area contributed by atoms with Crippen molar-refractivity contribution in [2.75, 3.05) is 7.05 Å². The van der Waals surface area contributed by atoms with E-state index in [-0.39, 0.29) is 5.82 Å². The lowest BCUT2D eigenvalue weighted by Gasteiger charge is -2.16. The van der Waals surface area contributed by atoms with Gasteiger partial charge in [-0.05, 0) is 86.2 Å². The van der Waals surface area contributed by atoms with Gasteiger partial charge in [0.1, 0.15) is 5.82 Å². The second-order valence-electron chi connectivity index (χ2n) is 7.18. The van der Waals surface area contributed by atoms with Crippen LogP contribution in [0.5, 0.6) is 0 Å². The van der Waals surface area contributed by atoms with Gasteiger partial charge in [0.2, 0.25) is 0 Å². The summed E-state index contributed by atoms with van der Waals surface area (Å²) in [5, 5.41) is 0. The summed E-state index contributed by atoms with van der Waals surface area (Å²) >= 11 is 0. The average molecular weight is 396 g/mol. The molecule has 0 aliphatic heterocycles. The molecule has 0 saturated heterocycles. The molecule has 0 saturated carbocycles. The number of aryl methyl sites for hydroxylation is 2. The summed E-state index contributed by atoms with van der Waals surface area (Å²) in [6.45, 7) is 7.99. The van der Waals surface area contributed by atoms with Crippen LogP contribution < -0.4 is 5.73 Å². The van der Waals surface area contributed by atoms with Gasteiger partial charge in [-0.15, -0.1) is 13.2 Å². The van der Waals surface area contributed by atoms with Crippen LogP contribution in [0.15, 0.2) is 67.8 Å². The molecule has 1 nitrogen and oxygen atoms in total. The Kier molecular flexibility index (Phi) is 12.6. The third kappa shape index (κ3) is 7.98. The van der Waals surface area contributed by atoms with Crippen LogP contribution in [0.1, 0.15) is 56.6 Å². The first-order valence-corrected chi connectivity index (χ1v) is 10.9. The van der Waals surface area contributed by atoms with Crippen LogP contribution in [0.2, 0.25) is 0 Å². The third-order valence-electron chi connectivity index (χ3n) is 5.39. The van der Waals surface area contributed by atoms with Crippen molar-refractivity contribution in [3.05, 3.63) is 84.7 Å². The van der Waals surface area contributed by atoms with Gasteiger partial charge < -0.3 is 5.73 Å². The highest BCUT2D eigenvalue weighted by atomic mass is 19.1. The number of hydrogen-bond acceptors (Lipinski definition) is 1. The van der Waals surface area contributed by atoms with Crippen molar-refractivity contribution in [3.8, 4) is 11.1 Å². The van der Waals surface area contributed by atoms with Gasteiger partial charge in [0.15, 0.2) is 0 Å². The summed E-state index contributed by atoms with van der Waals surface area (Å²) in [5.74, 6) is 0.707. The van der Waals surface area contributed by atoms with E-state index >= 15 is 0 Å². The summed E-state index contributed by atoms with van der Waals surface area (Å²) < 4.78 is 14.2. The number of halogens is 1. The van der Waals surface area contributed by atoms with Crippen molar-refractivity contribution in [2.24, 2.45) is 11.7 Å². The molecule has 1 atom stereocenters. The fourth-order valence-electron chi connectivity index (χ4n) is 3.87. The standard InChI is InChI=1S/C24H29F.C2H4.CH5N/c1-2-20-16-17-22(18-24(20)25)23-15-9-8-14-21(23)13-7-6-12-19-10-4-3-5-11-19;2*1-2/h4,8-10,14-19H,2-3,5-7,11-13H2,1H3;1-2H2;2H2,1H3. The van der Waals surface area contributed by atoms with E-state index in [1.807, 2.05) is 13.0 Å². The normalized spacial score (nSPS) is 15.0. The Morgan fingerprint density at radius 3 is 2.45 bits per heavy atom. The minimum Gasteiger partial charge on any atom is -0.333 e. The highest BCUT2D eigenvalue weighted by Gasteiger charge is 2.10. The van der Waals surface area contributed by atoms with Crippen molar-refractivity contribution >= 4 is 0 Å². The number of hydrogen-bond donors (Lipinski definition) is 1. The van der Waals surface area contributed by atoms with E-state index in [1.165, 1.54) is 56.7 Å². The highest BCUT2D eigenvalue weighted by molar-refractivity contribution is 5.67. The van der Waals surface area contributed by atoms with Crippen LogP contribution >= 0.6 is 0 Å². The quantitative estimate of drug-likeness (QED) is 0.381. The van der Waals surface area contributed by atoms with Crippen LogP contribution in [-0.2, 0) is 12.8 Å². The van der Waals surface area contributed by atoms with Gasteiger partial charge in [-0.1, -0.05) is 61.9 Å². The number of rotatable bonds is 7. The summed E-state index contributed by atoms with van der Waals surface area (Å²) in [6, 6.07) is 14.2. The molecule has 0 spiro atoms. The van der Waals surface area contributed by atoms with Crippen molar-refractivity contribution in [2.45, 2.75) is 58.3 Å². The molecule has 1 aliphatic rings. The van der Waals surface area contributed by atoms with Gasteiger partial charge in [0, 0.05) is 0 Å². The van der Waals surface area contributed by atoms with E-state index in [4.69, 9.17) is 0 Å². The molecule has 0 amide bonds. The first kappa shape index (κ1) is 24.8. The first-order chi connectivity index (χ1) is 14.3. The monoisotopic (exact) mass is 395 g/mol. The minimum absolute atomic E-state index is 0.0844. The predicted molar refractivity (Wildman–Crippen MR) is 127 cm³/mol. The number of allylic oxidation sites excluding steroid dienone is 2. The van der Waals surface area contributed by atoms with Gasteiger partial charge in [0.25, 0.3) is 0 Å². The van der Waals surface area contributed by atoms with E-state index < -0.39 is 0 Å². The maximum absolute atomic E-state index is 14.2. The molecular weight excluding hydrogens is 357 g/mol. The van der Waals surface area contributed by atoms with Crippen molar-refractivity contribution < 1.29 is 4.39 Å². The third-order valence-corrected chi connectivity index (χ3v) is 5.39. The molecule has 158 valence electrons. The zero-order chi connectivity index (χ0) is 21.5. The fraction of sp³-hybridized carbons (Fsp3) is 0.407. The lowest BCUT2D eigenvalue weighted by molar-refractivity contribution is 0.480. The summed E-state index contributed by atoms with van der Waals surface area (Å²) in [4.78, 5) is 0. The second-order valence-corrected chi connectivity index (χ2v) is 7.18. The van der Waals surface area contributed by atoms with Crippen LogP contribution in [0, 0.1) is 11.7 Å². The molecule has 3 rings (SSSR count). The maximum atomic E-state index is 14.2. The Labute approximate surface area is 177 Å². The summed E-state index contributed by atoms with van der Waals surface area (Å²) in [5.41, 5.74) is 8.81. The van der Waals surface area contributed by atoms with Gasteiger partial charge in [-0.2, -0.15) is 0 Å². The maximum Gasteiger partial charge on any atom is 0.127 e. The molecule has 0 aromatic heterocycles. The van der Waals surface area contributed by atoms with Crippen LogP contribution in [0.4, 0.5) is 4.39 Å². The van der Waals surface area contributed by atoms with Gasteiger partial charge in [-0.3, -0.25) is 0 Å². The molecule has 2 aromatic rings. The van der Waals surface area contributed by atoms with Gasteiger partial charge in [0.05, 0.1) is 0 Å². The highest BCUT2D eigenvalue weighted by Crippen LogP contribution is 2.28. The molecule has 1 aliphatic carbocycles. The van der Waals surface area contributed by atoms with Crippen LogP contribution in [0.25, 0.3) is 11.1 Å². The average Bonchev–Trinajstić information content (AvgIpc) is 2.80. The molecule has 0 heterocycles. The molecular formula is C27H38FN. The van der Waals surface area contributed by atoms with Crippen LogP contribution in [0.3, 0.4) is 0 Å². The Hall–Kier alpha value is -2.19. The summed E-state index contributed by atoms with van der Waals surface area (Å²) in [6.07, 6.45) is 14.3. The SMILES string of the molecule is C=C.CCc1ccc(-c2ccccc2CCCCC2C=CCCC2)cc1F.CN. The number of nitrogens with two attached hydrogens (primary N) is 1. The minimum atomic E-state index is -0.0844. The zero-order valence-corrected chi connectivity index (χ0v) is 18.3. The number of unbranched alkanes of at least 4 members (excludes halogenated alkanes) is 1. The second kappa shape index (κ2) is 14.8. The van der Waals surface area contributed by atoms with E-state index in [0.29, 0.717) is 0 Å². The summed E-state index contributed by atoms with van der Waals surface area (Å²) in [7, 11) is 1.50. The lowest BCUT2D eigenvalue weighted by Crippen LogP contribution is -2.01. The largest absolute Gasteiger partial charge is 0.333 e. The van der Waals surface area contributed by atoms with Crippen molar-refractivity contribution in [1.29, 1.82) is 0 Å². The van der Waals surface area contributed by atoms with E-state index in [9.17, 15) is 4.39 Å². The van der Waals surface area contributed by atoms with Crippen molar-refractivity contribution in [3.63, 3.8) is 0 Å². The fourth-order valence-corrected chi connectivity index (χ4v) is 3.87. The molecule has 0 bridgehead atoms. The molecule has 1 unspecified atom stereocenters. The Morgan fingerprint density at radius 1 is 1.03 bits per heavy atom. The van der Waals surface area contributed by atoms with E-state index in [0.717, 1.165) is 29.9 Å². The molecule has 2 heteroatoms. The first-order valence-electron chi connectivity index (χ1n) is 10.9. The van der Waals surface area contributed by atoms with E-state index in [1.54, 1.807) is 6.07 Å². The smallest absolute Gasteiger partial charge is 0.127 e. The molecule has 2 N–H and O–H groups in total.